The van der Waals surface area contributed by atoms with Gasteiger partial charge in [0.15, 0.2) is 0 Å². The molecule has 0 saturated carbocycles. The summed E-state index contributed by atoms with van der Waals surface area (Å²) in [5, 5.41) is 4.88. The van der Waals surface area contributed by atoms with Gasteiger partial charge in [0.2, 0.25) is 11.8 Å². The van der Waals surface area contributed by atoms with Crippen LogP contribution in [0.25, 0.3) is 0 Å². The minimum absolute atomic E-state index is 0.00231. The molecule has 5 nitrogen and oxygen atoms in total. The van der Waals surface area contributed by atoms with Crippen molar-refractivity contribution >= 4 is 23.2 Å². The molecule has 2 aliphatic heterocycles. The average Bonchev–Trinajstić information content (AvgIpc) is 3.07. The fraction of sp³-hybridized carbons (Fsp3) is 0.600. The Bertz CT molecular complexity index is 503. The van der Waals surface area contributed by atoms with Crippen LogP contribution < -0.4 is 5.32 Å². The molecule has 0 aliphatic carbocycles. The van der Waals surface area contributed by atoms with E-state index in [-0.39, 0.29) is 17.9 Å². The summed E-state index contributed by atoms with van der Waals surface area (Å²) < 4.78 is 0. The van der Waals surface area contributed by atoms with Crippen LogP contribution in [0.15, 0.2) is 17.5 Å². The molecule has 2 saturated heterocycles. The van der Waals surface area contributed by atoms with E-state index in [1.165, 1.54) is 4.88 Å². The lowest BCUT2D eigenvalue weighted by atomic mass is 10.2. The Morgan fingerprint density at radius 1 is 1.33 bits per heavy atom. The van der Waals surface area contributed by atoms with Crippen molar-refractivity contribution in [3.63, 3.8) is 0 Å². The molecule has 6 heteroatoms. The largest absolute Gasteiger partial charge is 0.344 e. The Morgan fingerprint density at radius 2 is 2.24 bits per heavy atom. The highest BCUT2D eigenvalue weighted by Gasteiger charge is 2.31. The van der Waals surface area contributed by atoms with E-state index in [4.69, 9.17) is 0 Å². The van der Waals surface area contributed by atoms with Crippen LogP contribution in [-0.2, 0) is 16.1 Å². The molecule has 2 aliphatic rings. The number of rotatable bonds is 3. The Kier molecular flexibility index (Phi) is 4.55. The van der Waals surface area contributed by atoms with Crippen LogP contribution in [0.4, 0.5) is 0 Å². The Balaban J connectivity index is 1.53. The highest BCUT2D eigenvalue weighted by atomic mass is 32.1. The molecule has 1 atom stereocenters. The summed E-state index contributed by atoms with van der Waals surface area (Å²) in [6.45, 7) is 4.46. The number of hydrogen-bond acceptors (Lipinski definition) is 4. The van der Waals surface area contributed by atoms with Crippen molar-refractivity contribution in [2.45, 2.75) is 31.8 Å². The smallest absolute Gasteiger partial charge is 0.245 e. The van der Waals surface area contributed by atoms with E-state index < -0.39 is 0 Å². The van der Waals surface area contributed by atoms with Gasteiger partial charge in [0.25, 0.3) is 0 Å². The summed E-state index contributed by atoms with van der Waals surface area (Å²) >= 11 is 1.78. The van der Waals surface area contributed by atoms with Crippen molar-refractivity contribution in [1.82, 2.24) is 15.1 Å². The van der Waals surface area contributed by atoms with Crippen LogP contribution in [0.5, 0.6) is 0 Å². The predicted molar refractivity (Wildman–Crippen MR) is 82.0 cm³/mol. The molecule has 114 valence electrons. The zero-order valence-corrected chi connectivity index (χ0v) is 12.9. The zero-order chi connectivity index (χ0) is 14.7. The first-order valence-electron chi connectivity index (χ1n) is 7.55. The van der Waals surface area contributed by atoms with E-state index in [1.54, 1.807) is 11.3 Å². The van der Waals surface area contributed by atoms with E-state index in [0.717, 1.165) is 39.1 Å². The maximum atomic E-state index is 12.4. The van der Waals surface area contributed by atoms with Gasteiger partial charge in [0.05, 0.1) is 0 Å². The van der Waals surface area contributed by atoms with Crippen molar-refractivity contribution in [3.05, 3.63) is 22.4 Å². The van der Waals surface area contributed by atoms with Gasteiger partial charge in [-0.3, -0.25) is 14.5 Å². The first-order chi connectivity index (χ1) is 10.2. The van der Waals surface area contributed by atoms with Gasteiger partial charge in [0, 0.05) is 44.0 Å². The number of nitrogens with one attached hydrogen (secondary N) is 1. The minimum atomic E-state index is -0.290. The third-order valence-electron chi connectivity index (χ3n) is 4.15. The molecule has 1 aromatic rings. The molecule has 1 aromatic heterocycles. The lowest BCUT2D eigenvalue weighted by Gasteiger charge is -2.24. The third-order valence-corrected chi connectivity index (χ3v) is 5.01. The van der Waals surface area contributed by atoms with Crippen LogP contribution in [0, 0.1) is 0 Å². The maximum Gasteiger partial charge on any atom is 0.245 e. The molecule has 2 amide bonds. The van der Waals surface area contributed by atoms with Crippen LogP contribution in [0.1, 0.15) is 24.1 Å². The Hall–Kier alpha value is -1.40. The Labute approximate surface area is 128 Å². The standard InChI is InChI=1S/C15H21N3O2S/c19-14-5-4-13(16-14)15(20)18-7-2-6-17(8-9-18)11-12-3-1-10-21-12/h1,3,10,13H,2,4-9,11H2,(H,16,19). The molecule has 3 heterocycles. The topological polar surface area (TPSA) is 52.7 Å². The molecule has 21 heavy (non-hydrogen) atoms. The van der Waals surface area contributed by atoms with Gasteiger partial charge in [-0.05, 0) is 24.3 Å². The van der Waals surface area contributed by atoms with Gasteiger partial charge in [-0.25, -0.2) is 0 Å². The number of amides is 2. The lowest BCUT2D eigenvalue weighted by molar-refractivity contribution is -0.134. The fourth-order valence-corrected chi connectivity index (χ4v) is 3.74. The number of hydrogen-bond donors (Lipinski definition) is 1. The van der Waals surface area contributed by atoms with E-state index in [1.807, 2.05) is 4.90 Å². The summed E-state index contributed by atoms with van der Waals surface area (Å²) in [6.07, 6.45) is 2.12. The van der Waals surface area contributed by atoms with Gasteiger partial charge >= 0.3 is 0 Å². The first kappa shape index (κ1) is 14.5. The van der Waals surface area contributed by atoms with Crippen molar-refractivity contribution in [1.29, 1.82) is 0 Å². The zero-order valence-electron chi connectivity index (χ0n) is 12.1. The van der Waals surface area contributed by atoms with Gasteiger partial charge in [0.1, 0.15) is 6.04 Å². The number of nitrogens with zero attached hydrogens (tertiary/aromatic N) is 2. The third kappa shape index (κ3) is 3.63. The molecular formula is C15H21N3O2S. The van der Waals surface area contributed by atoms with E-state index in [9.17, 15) is 9.59 Å². The second kappa shape index (κ2) is 6.58. The van der Waals surface area contributed by atoms with Crippen molar-refractivity contribution in [3.8, 4) is 0 Å². The highest BCUT2D eigenvalue weighted by Crippen LogP contribution is 2.15. The molecule has 0 spiro atoms. The van der Waals surface area contributed by atoms with Crippen molar-refractivity contribution in [2.75, 3.05) is 26.2 Å². The van der Waals surface area contributed by atoms with Gasteiger partial charge in [-0.15, -0.1) is 11.3 Å². The number of carbonyl (C=O) groups is 2. The lowest BCUT2D eigenvalue weighted by Crippen LogP contribution is -2.45. The van der Waals surface area contributed by atoms with Gasteiger partial charge < -0.3 is 10.2 Å². The summed E-state index contributed by atoms with van der Waals surface area (Å²) in [6, 6.07) is 3.95. The molecule has 0 radical (unpaired) electrons. The summed E-state index contributed by atoms with van der Waals surface area (Å²) in [7, 11) is 0. The molecular weight excluding hydrogens is 286 g/mol. The van der Waals surface area contributed by atoms with Crippen LogP contribution in [0.2, 0.25) is 0 Å². The number of carbonyl (C=O) groups excluding carboxylic acids is 2. The molecule has 0 bridgehead atoms. The van der Waals surface area contributed by atoms with E-state index in [0.29, 0.717) is 12.8 Å². The summed E-state index contributed by atoms with van der Waals surface area (Å²) in [5.74, 6) is 0.0984. The maximum absolute atomic E-state index is 12.4. The Morgan fingerprint density at radius 3 is 2.95 bits per heavy atom. The fourth-order valence-electron chi connectivity index (χ4n) is 2.99. The minimum Gasteiger partial charge on any atom is -0.344 e. The monoisotopic (exact) mass is 307 g/mol. The predicted octanol–water partition coefficient (Wildman–Crippen LogP) is 1.06. The quantitative estimate of drug-likeness (QED) is 0.908. The average molecular weight is 307 g/mol. The van der Waals surface area contributed by atoms with Crippen LogP contribution in [0.3, 0.4) is 0 Å². The van der Waals surface area contributed by atoms with E-state index in [2.05, 4.69) is 27.7 Å². The van der Waals surface area contributed by atoms with E-state index >= 15 is 0 Å². The molecule has 2 fully saturated rings. The SMILES string of the molecule is O=C1CCC(C(=O)N2CCCN(Cc3cccs3)CC2)N1. The molecule has 0 aromatic carbocycles. The molecule has 3 rings (SSSR count). The second-order valence-electron chi connectivity index (χ2n) is 5.69. The second-order valence-corrected chi connectivity index (χ2v) is 6.73. The normalized spacial score (nSPS) is 23.9. The van der Waals surface area contributed by atoms with Crippen molar-refractivity contribution in [2.24, 2.45) is 0 Å². The first-order valence-corrected chi connectivity index (χ1v) is 8.43. The van der Waals surface area contributed by atoms with Gasteiger partial charge in [-0.2, -0.15) is 0 Å². The van der Waals surface area contributed by atoms with Crippen LogP contribution >= 0.6 is 11.3 Å². The molecule has 1 N–H and O–H groups in total. The van der Waals surface area contributed by atoms with Crippen LogP contribution in [-0.4, -0.2) is 53.8 Å². The summed E-state index contributed by atoms with van der Waals surface area (Å²) in [4.78, 5) is 29.4. The van der Waals surface area contributed by atoms with Gasteiger partial charge in [-0.1, -0.05) is 6.07 Å². The number of thiophene rings is 1. The summed E-state index contributed by atoms with van der Waals surface area (Å²) in [5.41, 5.74) is 0. The van der Waals surface area contributed by atoms with Crippen molar-refractivity contribution < 1.29 is 9.59 Å². The molecule has 1 unspecified atom stereocenters. The highest BCUT2D eigenvalue weighted by molar-refractivity contribution is 7.09.